The zero-order valence-electron chi connectivity index (χ0n) is 11.9. The van der Waals surface area contributed by atoms with E-state index < -0.39 is 0 Å². The van der Waals surface area contributed by atoms with Gasteiger partial charge < -0.3 is 5.32 Å². The van der Waals surface area contributed by atoms with Crippen molar-refractivity contribution >= 4 is 23.3 Å². The molecule has 0 saturated heterocycles. The molecule has 2 rings (SSSR count). The normalized spacial score (nSPS) is 10.4. The minimum Gasteiger partial charge on any atom is -0.373 e. The van der Waals surface area contributed by atoms with Gasteiger partial charge in [0.2, 0.25) is 0 Å². The molecule has 2 aromatic rings. The fourth-order valence-electron chi connectivity index (χ4n) is 1.80. The molecule has 0 aliphatic carbocycles. The van der Waals surface area contributed by atoms with E-state index in [1.807, 2.05) is 0 Å². The summed E-state index contributed by atoms with van der Waals surface area (Å²) in [6.45, 7) is 2.06. The molecular formula is C14H16N4O2S. The fraction of sp³-hybridized carbons (Fsp3) is 0.286. The van der Waals surface area contributed by atoms with Crippen molar-refractivity contribution in [3.63, 3.8) is 0 Å². The van der Waals surface area contributed by atoms with Crippen molar-refractivity contribution in [1.82, 2.24) is 9.97 Å². The minimum atomic E-state index is -0.380. The highest BCUT2D eigenvalue weighted by Crippen LogP contribution is 2.34. The molecule has 7 heteroatoms. The van der Waals surface area contributed by atoms with Crippen LogP contribution in [-0.2, 0) is 6.42 Å². The Morgan fingerprint density at radius 3 is 2.76 bits per heavy atom. The summed E-state index contributed by atoms with van der Waals surface area (Å²) in [7, 11) is 1.79. The van der Waals surface area contributed by atoms with Crippen LogP contribution in [0.1, 0.15) is 19.2 Å². The molecule has 0 spiro atoms. The lowest BCUT2D eigenvalue weighted by molar-refractivity contribution is -0.387. The summed E-state index contributed by atoms with van der Waals surface area (Å²) in [6, 6.07) is 8.45. The van der Waals surface area contributed by atoms with E-state index in [9.17, 15) is 10.1 Å². The van der Waals surface area contributed by atoms with Crippen molar-refractivity contribution in [3.05, 3.63) is 46.3 Å². The van der Waals surface area contributed by atoms with Crippen LogP contribution in [0.3, 0.4) is 0 Å². The molecular weight excluding hydrogens is 288 g/mol. The third-order valence-corrected chi connectivity index (χ3v) is 3.74. The quantitative estimate of drug-likeness (QED) is 0.499. The standard InChI is InChI=1S/C14H16N4O2S/c1-3-6-12-16-13(15-2)9-14(17-12)21-11-8-5-4-7-10(11)18(19)20/h4-5,7-9H,3,6H2,1-2H3,(H,15,16,17). The van der Waals surface area contributed by atoms with Crippen LogP contribution in [0.25, 0.3) is 0 Å². The van der Waals surface area contributed by atoms with Crippen molar-refractivity contribution < 1.29 is 4.92 Å². The van der Waals surface area contributed by atoms with Gasteiger partial charge in [-0.2, -0.15) is 0 Å². The van der Waals surface area contributed by atoms with E-state index in [0.29, 0.717) is 9.92 Å². The Balaban J connectivity index is 2.35. The van der Waals surface area contributed by atoms with Gasteiger partial charge in [-0.3, -0.25) is 10.1 Å². The number of anilines is 1. The van der Waals surface area contributed by atoms with E-state index in [-0.39, 0.29) is 10.6 Å². The highest BCUT2D eigenvalue weighted by atomic mass is 32.2. The highest BCUT2D eigenvalue weighted by Gasteiger charge is 2.15. The van der Waals surface area contributed by atoms with Gasteiger partial charge in [0.15, 0.2) is 0 Å². The second-order valence-electron chi connectivity index (χ2n) is 4.33. The van der Waals surface area contributed by atoms with Crippen LogP contribution in [0.2, 0.25) is 0 Å². The summed E-state index contributed by atoms with van der Waals surface area (Å²) < 4.78 is 0. The minimum absolute atomic E-state index is 0.0872. The van der Waals surface area contributed by atoms with Gasteiger partial charge in [-0.05, 0) is 12.5 Å². The summed E-state index contributed by atoms with van der Waals surface area (Å²) in [5.41, 5.74) is 0.0872. The van der Waals surface area contributed by atoms with Crippen molar-refractivity contribution in [2.24, 2.45) is 0 Å². The third kappa shape index (κ3) is 3.91. The van der Waals surface area contributed by atoms with Gasteiger partial charge in [0.25, 0.3) is 5.69 Å². The Hall–Kier alpha value is -2.15. The van der Waals surface area contributed by atoms with Gasteiger partial charge in [0, 0.05) is 25.6 Å². The highest BCUT2D eigenvalue weighted by molar-refractivity contribution is 7.99. The molecule has 0 amide bonds. The van der Waals surface area contributed by atoms with E-state index in [1.54, 1.807) is 31.3 Å². The molecule has 0 aliphatic rings. The molecule has 1 heterocycles. The number of nitro benzene ring substituents is 1. The van der Waals surface area contributed by atoms with E-state index in [1.165, 1.54) is 17.8 Å². The van der Waals surface area contributed by atoms with Crippen molar-refractivity contribution in [2.45, 2.75) is 29.7 Å². The van der Waals surface area contributed by atoms with Gasteiger partial charge >= 0.3 is 0 Å². The van der Waals surface area contributed by atoms with Crippen LogP contribution in [0.15, 0.2) is 40.3 Å². The average molecular weight is 304 g/mol. The first-order valence-corrected chi connectivity index (χ1v) is 7.42. The molecule has 21 heavy (non-hydrogen) atoms. The average Bonchev–Trinajstić information content (AvgIpc) is 2.47. The predicted molar refractivity (Wildman–Crippen MR) is 82.8 cm³/mol. The van der Waals surface area contributed by atoms with Crippen LogP contribution in [0.4, 0.5) is 11.5 Å². The van der Waals surface area contributed by atoms with Gasteiger partial charge in [-0.25, -0.2) is 9.97 Å². The number of nitrogens with zero attached hydrogens (tertiary/aromatic N) is 3. The lowest BCUT2D eigenvalue weighted by Gasteiger charge is -2.07. The largest absolute Gasteiger partial charge is 0.373 e. The fourth-order valence-corrected chi connectivity index (χ4v) is 2.74. The van der Waals surface area contributed by atoms with Crippen LogP contribution in [0, 0.1) is 10.1 Å². The predicted octanol–water partition coefficient (Wildman–Crippen LogP) is 3.53. The van der Waals surface area contributed by atoms with Gasteiger partial charge in [0.05, 0.1) is 9.82 Å². The molecule has 0 atom stereocenters. The summed E-state index contributed by atoms with van der Waals surface area (Å²) >= 11 is 1.28. The molecule has 0 aliphatic heterocycles. The first kappa shape index (κ1) is 15.2. The maximum absolute atomic E-state index is 11.1. The molecule has 110 valence electrons. The van der Waals surface area contributed by atoms with Crippen molar-refractivity contribution in [3.8, 4) is 0 Å². The Morgan fingerprint density at radius 2 is 2.10 bits per heavy atom. The molecule has 0 radical (unpaired) electrons. The molecule has 1 aromatic carbocycles. The van der Waals surface area contributed by atoms with E-state index in [0.717, 1.165) is 24.5 Å². The molecule has 0 unspecified atom stereocenters. The monoisotopic (exact) mass is 304 g/mol. The van der Waals surface area contributed by atoms with E-state index >= 15 is 0 Å². The summed E-state index contributed by atoms with van der Waals surface area (Å²) in [5, 5.41) is 14.7. The number of nitrogens with one attached hydrogen (secondary N) is 1. The molecule has 0 fully saturated rings. The first-order chi connectivity index (χ1) is 10.1. The summed E-state index contributed by atoms with van der Waals surface area (Å²) in [6.07, 6.45) is 1.72. The SMILES string of the molecule is CCCc1nc(NC)cc(Sc2ccccc2[N+](=O)[O-])n1. The second-order valence-corrected chi connectivity index (χ2v) is 5.40. The number of aromatic nitrogens is 2. The summed E-state index contributed by atoms with van der Waals surface area (Å²) in [5.74, 6) is 1.46. The maximum Gasteiger partial charge on any atom is 0.283 e. The summed E-state index contributed by atoms with van der Waals surface area (Å²) in [4.78, 5) is 20.1. The number of hydrogen-bond acceptors (Lipinski definition) is 6. The number of para-hydroxylation sites is 1. The third-order valence-electron chi connectivity index (χ3n) is 2.76. The smallest absolute Gasteiger partial charge is 0.283 e. The van der Waals surface area contributed by atoms with Gasteiger partial charge in [0.1, 0.15) is 16.7 Å². The van der Waals surface area contributed by atoms with Crippen LogP contribution in [0.5, 0.6) is 0 Å². The van der Waals surface area contributed by atoms with Gasteiger partial charge in [-0.1, -0.05) is 30.8 Å². The topological polar surface area (TPSA) is 81.0 Å². The number of benzene rings is 1. The van der Waals surface area contributed by atoms with Crippen molar-refractivity contribution in [1.29, 1.82) is 0 Å². The van der Waals surface area contributed by atoms with E-state index in [4.69, 9.17) is 0 Å². The number of rotatable bonds is 6. The molecule has 0 bridgehead atoms. The van der Waals surface area contributed by atoms with E-state index in [2.05, 4.69) is 22.2 Å². The Labute approximate surface area is 127 Å². The number of hydrogen-bond donors (Lipinski definition) is 1. The molecule has 6 nitrogen and oxygen atoms in total. The van der Waals surface area contributed by atoms with Crippen LogP contribution >= 0.6 is 11.8 Å². The van der Waals surface area contributed by atoms with Crippen molar-refractivity contribution in [2.75, 3.05) is 12.4 Å². The Morgan fingerprint density at radius 1 is 1.33 bits per heavy atom. The molecule has 1 aromatic heterocycles. The lowest BCUT2D eigenvalue weighted by atomic mass is 10.3. The zero-order valence-corrected chi connectivity index (χ0v) is 12.7. The van der Waals surface area contributed by atoms with Crippen LogP contribution < -0.4 is 5.32 Å². The molecule has 1 N–H and O–H groups in total. The molecule has 0 saturated carbocycles. The first-order valence-electron chi connectivity index (χ1n) is 6.61. The Bertz CT molecular complexity index is 649. The Kier molecular flexibility index (Phi) is 5.10. The van der Waals surface area contributed by atoms with Crippen LogP contribution in [-0.4, -0.2) is 21.9 Å². The van der Waals surface area contributed by atoms with Gasteiger partial charge in [-0.15, -0.1) is 0 Å². The zero-order chi connectivity index (χ0) is 15.2. The lowest BCUT2D eigenvalue weighted by Crippen LogP contribution is -2.01. The maximum atomic E-state index is 11.1. The number of nitro groups is 1. The second kappa shape index (κ2) is 7.03. The number of aryl methyl sites for hydroxylation is 1.